The Hall–Kier alpha value is -0.210. The third kappa shape index (κ3) is 2.54. The molecule has 1 aliphatic carbocycles. The van der Waals surface area contributed by atoms with Crippen molar-refractivity contribution < 1.29 is 13.2 Å². The van der Waals surface area contributed by atoms with E-state index in [9.17, 15) is 13.2 Å². The van der Waals surface area contributed by atoms with Gasteiger partial charge in [-0.15, -0.1) is 0 Å². The summed E-state index contributed by atoms with van der Waals surface area (Å²) in [6, 6.07) is 0. The lowest BCUT2D eigenvalue weighted by atomic mass is 9.59. The number of halogens is 3. The molecule has 1 rings (SSSR count). The van der Waals surface area contributed by atoms with Crippen LogP contribution in [-0.2, 0) is 0 Å². The molecule has 0 aromatic heterocycles. The van der Waals surface area contributed by atoms with Gasteiger partial charge in [0, 0.05) is 0 Å². The lowest BCUT2D eigenvalue weighted by molar-refractivity contribution is -0.191. The highest BCUT2D eigenvalue weighted by Gasteiger charge is 2.47. The maximum absolute atomic E-state index is 12.6. The van der Waals surface area contributed by atoms with E-state index in [0.717, 1.165) is 12.8 Å². The lowest BCUT2D eigenvalue weighted by Crippen LogP contribution is -2.40. The molecule has 0 bridgehead atoms. The molecule has 0 saturated heterocycles. The monoisotopic (exact) mass is 236 g/mol. The molecule has 3 heteroatoms. The van der Waals surface area contributed by atoms with Gasteiger partial charge in [-0.3, -0.25) is 0 Å². The molecule has 0 spiro atoms. The van der Waals surface area contributed by atoms with Crippen LogP contribution in [0.5, 0.6) is 0 Å². The van der Waals surface area contributed by atoms with Crippen molar-refractivity contribution in [2.75, 3.05) is 0 Å². The highest BCUT2D eigenvalue weighted by atomic mass is 19.4. The van der Waals surface area contributed by atoms with Gasteiger partial charge in [0.15, 0.2) is 0 Å². The lowest BCUT2D eigenvalue weighted by Gasteiger charge is -2.47. The van der Waals surface area contributed by atoms with E-state index in [4.69, 9.17) is 0 Å². The summed E-state index contributed by atoms with van der Waals surface area (Å²) in [5.41, 5.74) is 0.127. The molecule has 0 aromatic rings. The van der Waals surface area contributed by atoms with Gasteiger partial charge in [-0.2, -0.15) is 13.2 Å². The molecule has 0 aromatic carbocycles. The van der Waals surface area contributed by atoms with Crippen LogP contribution in [0.25, 0.3) is 0 Å². The fraction of sp³-hybridized carbons (Fsp3) is 1.00. The summed E-state index contributed by atoms with van der Waals surface area (Å²) in [7, 11) is 0. The number of hydrogen-bond acceptors (Lipinski definition) is 0. The molecule has 0 N–H and O–H groups in total. The average molecular weight is 236 g/mol. The molecule has 96 valence electrons. The molecule has 16 heavy (non-hydrogen) atoms. The molecule has 0 aliphatic heterocycles. The second-order valence-corrected chi connectivity index (χ2v) is 5.86. The Morgan fingerprint density at radius 1 is 0.938 bits per heavy atom. The normalized spacial score (nSPS) is 23.1. The van der Waals surface area contributed by atoms with E-state index in [1.807, 2.05) is 0 Å². The maximum atomic E-state index is 12.6. The summed E-state index contributed by atoms with van der Waals surface area (Å²) in [5, 5.41) is 0. The molecule has 1 saturated carbocycles. The summed E-state index contributed by atoms with van der Waals surface area (Å²) in [4.78, 5) is 0. The standard InChI is InChI=1S/C13H23F3/c1-9(2)12(10(3)4)7-5-11(6-8-12)13(14,15)16/h9-11H,5-8H2,1-4H3. The fourth-order valence-electron chi connectivity index (χ4n) is 3.30. The number of alkyl halides is 3. The van der Waals surface area contributed by atoms with Crippen molar-refractivity contribution in [1.29, 1.82) is 0 Å². The van der Waals surface area contributed by atoms with Crippen molar-refractivity contribution in [2.45, 2.75) is 59.6 Å². The zero-order valence-corrected chi connectivity index (χ0v) is 10.7. The van der Waals surface area contributed by atoms with Crippen molar-refractivity contribution in [3.63, 3.8) is 0 Å². The SMILES string of the molecule is CC(C)C1(C(C)C)CCC(C(F)(F)F)CC1. The van der Waals surface area contributed by atoms with Crippen LogP contribution in [-0.4, -0.2) is 6.18 Å². The summed E-state index contributed by atoms with van der Waals surface area (Å²) < 4.78 is 37.8. The van der Waals surface area contributed by atoms with Crippen LogP contribution >= 0.6 is 0 Å². The minimum absolute atomic E-state index is 0.127. The van der Waals surface area contributed by atoms with E-state index in [2.05, 4.69) is 27.7 Å². The maximum Gasteiger partial charge on any atom is 0.391 e. The van der Waals surface area contributed by atoms with Gasteiger partial charge in [0.05, 0.1) is 5.92 Å². The Morgan fingerprint density at radius 2 is 1.31 bits per heavy atom. The van der Waals surface area contributed by atoms with Gasteiger partial charge in [-0.05, 0) is 42.9 Å². The largest absolute Gasteiger partial charge is 0.391 e. The second kappa shape index (κ2) is 4.58. The highest BCUT2D eigenvalue weighted by molar-refractivity contribution is 4.91. The zero-order valence-electron chi connectivity index (χ0n) is 10.7. The van der Waals surface area contributed by atoms with Gasteiger partial charge in [0.2, 0.25) is 0 Å². The number of hydrogen-bond donors (Lipinski definition) is 0. The Kier molecular flexibility index (Phi) is 3.96. The van der Waals surface area contributed by atoms with Crippen LogP contribution in [0.2, 0.25) is 0 Å². The van der Waals surface area contributed by atoms with Crippen molar-refractivity contribution in [2.24, 2.45) is 23.2 Å². The summed E-state index contributed by atoms with van der Waals surface area (Å²) in [6.07, 6.45) is -1.89. The van der Waals surface area contributed by atoms with Gasteiger partial charge >= 0.3 is 6.18 Å². The van der Waals surface area contributed by atoms with Crippen LogP contribution in [0, 0.1) is 23.2 Å². The van der Waals surface area contributed by atoms with Gasteiger partial charge in [-0.25, -0.2) is 0 Å². The first-order chi connectivity index (χ1) is 7.20. The summed E-state index contributed by atoms with van der Waals surface area (Å²) in [6.45, 7) is 8.59. The Bertz CT molecular complexity index is 210. The molecular weight excluding hydrogens is 213 g/mol. The van der Waals surface area contributed by atoms with E-state index < -0.39 is 12.1 Å². The van der Waals surface area contributed by atoms with Gasteiger partial charge < -0.3 is 0 Å². The molecule has 0 amide bonds. The third-order valence-corrected chi connectivity index (χ3v) is 4.68. The molecular formula is C13H23F3. The molecule has 0 nitrogen and oxygen atoms in total. The van der Waals surface area contributed by atoms with Gasteiger partial charge in [0.1, 0.15) is 0 Å². The van der Waals surface area contributed by atoms with Crippen LogP contribution < -0.4 is 0 Å². The van der Waals surface area contributed by atoms with E-state index in [-0.39, 0.29) is 5.41 Å². The van der Waals surface area contributed by atoms with Gasteiger partial charge in [0.25, 0.3) is 0 Å². The topological polar surface area (TPSA) is 0 Å². The predicted molar refractivity (Wildman–Crippen MR) is 60.1 cm³/mol. The first-order valence-corrected chi connectivity index (χ1v) is 6.27. The smallest absolute Gasteiger partial charge is 0.171 e. The summed E-state index contributed by atoms with van der Waals surface area (Å²) in [5.74, 6) is -0.110. The molecule has 0 unspecified atom stereocenters. The van der Waals surface area contributed by atoms with Crippen LogP contribution in [0.1, 0.15) is 53.4 Å². The zero-order chi connectivity index (χ0) is 12.6. The minimum Gasteiger partial charge on any atom is -0.171 e. The highest BCUT2D eigenvalue weighted by Crippen LogP contribution is 2.52. The molecule has 1 aliphatic rings. The third-order valence-electron chi connectivity index (χ3n) is 4.68. The molecule has 0 heterocycles. The van der Waals surface area contributed by atoms with Crippen LogP contribution in [0.15, 0.2) is 0 Å². The van der Waals surface area contributed by atoms with Crippen molar-refractivity contribution >= 4 is 0 Å². The van der Waals surface area contributed by atoms with E-state index in [1.54, 1.807) is 0 Å². The molecule has 0 atom stereocenters. The summed E-state index contributed by atoms with van der Waals surface area (Å²) >= 11 is 0. The Balaban J connectivity index is 2.71. The first-order valence-electron chi connectivity index (χ1n) is 6.27. The quantitative estimate of drug-likeness (QED) is 0.630. The predicted octanol–water partition coefficient (Wildman–Crippen LogP) is 5.04. The number of rotatable bonds is 2. The fourth-order valence-corrected chi connectivity index (χ4v) is 3.30. The van der Waals surface area contributed by atoms with Crippen molar-refractivity contribution in [3.8, 4) is 0 Å². The van der Waals surface area contributed by atoms with E-state index in [0.29, 0.717) is 24.7 Å². The minimum atomic E-state index is -3.99. The van der Waals surface area contributed by atoms with E-state index >= 15 is 0 Å². The van der Waals surface area contributed by atoms with Gasteiger partial charge in [-0.1, -0.05) is 27.7 Å². The van der Waals surface area contributed by atoms with E-state index in [1.165, 1.54) is 0 Å². The van der Waals surface area contributed by atoms with Crippen LogP contribution in [0.3, 0.4) is 0 Å². The second-order valence-electron chi connectivity index (χ2n) is 5.86. The molecule has 1 fully saturated rings. The Morgan fingerprint density at radius 3 is 1.56 bits per heavy atom. The Labute approximate surface area is 96.6 Å². The first kappa shape index (κ1) is 13.9. The van der Waals surface area contributed by atoms with Crippen molar-refractivity contribution in [3.05, 3.63) is 0 Å². The molecule has 0 radical (unpaired) electrons. The average Bonchev–Trinajstić information content (AvgIpc) is 2.15. The van der Waals surface area contributed by atoms with Crippen molar-refractivity contribution in [1.82, 2.24) is 0 Å². The van der Waals surface area contributed by atoms with Crippen LogP contribution in [0.4, 0.5) is 13.2 Å².